The Kier molecular flexibility index (Phi) is 9.23. The number of furan rings is 1. The average molecular weight is 1060 g/mol. The summed E-state index contributed by atoms with van der Waals surface area (Å²) in [6.07, 6.45) is 0. The number of para-hydroxylation sites is 7. The molecule has 5 heterocycles. The minimum atomic E-state index is 0.329. The molecule has 0 bridgehead atoms. The van der Waals surface area contributed by atoms with Crippen LogP contribution in [0.3, 0.4) is 0 Å². The number of nitriles is 1. The molecule has 0 saturated heterocycles. The normalized spacial score (nSPS) is 12.1. The molecule has 83 heavy (non-hydrogen) atoms. The van der Waals surface area contributed by atoms with E-state index in [9.17, 15) is 11.8 Å². The third-order valence-electron chi connectivity index (χ3n) is 17.6. The van der Waals surface area contributed by atoms with E-state index in [-0.39, 0.29) is 0 Å². The summed E-state index contributed by atoms with van der Waals surface area (Å²) >= 11 is 0. The molecule has 0 aliphatic carbocycles. The standard InChI is InChI=1S/C76H42N6O/c1-78-71-73(79-61-30-11-4-21-51(61)52-22-5-12-31-62(52)79)60(44-77)74(80-63-32-13-6-23-53(63)54-24-7-14-33-64(54)80)76(75(71)81-65-34-15-8-25-55(65)56-26-9-16-35-66(56)81)82-67-43-46(48-28-18-29-49-47-20-3-2-19-45(47)37-39-50(48)49)38-40-57(67)58-41-42-69-70(72(58)82)59-27-10-17-36-68(59)83-69/h2-43H. The Morgan fingerprint density at radius 2 is 0.795 bits per heavy atom. The Hall–Kier alpha value is -11.6. The van der Waals surface area contributed by atoms with Crippen LogP contribution >= 0.6 is 0 Å². The topological polar surface area (TPSA) is 61.0 Å². The fourth-order valence-corrected chi connectivity index (χ4v) is 14.3. The number of hydrogen-bond acceptors (Lipinski definition) is 2. The highest BCUT2D eigenvalue weighted by Gasteiger charge is 2.35. The van der Waals surface area contributed by atoms with Gasteiger partial charge in [0.1, 0.15) is 17.2 Å². The van der Waals surface area contributed by atoms with Crippen LogP contribution in [0.1, 0.15) is 5.56 Å². The van der Waals surface area contributed by atoms with Gasteiger partial charge in [0.2, 0.25) is 5.69 Å². The van der Waals surface area contributed by atoms with Gasteiger partial charge in [-0.25, -0.2) is 4.85 Å². The summed E-state index contributed by atoms with van der Waals surface area (Å²) in [6.45, 7) is 9.94. The van der Waals surface area contributed by atoms with E-state index in [1.807, 2.05) is 24.3 Å². The molecule has 0 spiro atoms. The van der Waals surface area contributed by atoms with Crippen molar-refractivity contribution in [1.29, 1.82) is 5.26 Å². The van der Waals surface area contributed by atoms with E-state index in [0.29, 0.717) is 34.0 Å². The van der Waals surface area contributed by atoms with Crippen molar-refractivity contribution >= 4 is 136 Å². The van der Waals surface area contributed by atoms with Crippen LogP contribution in [0.4, 0.5) is 5.69 Å². The van der Waals surface area contributed by atoms with Gasteiger partial charge in [-0.15, -0.1) is 0 Å². The molecule has 13 aromatic carbocycles. The van der Waals surface area contributed by atoms with Gasteiger partial charge >= 0.3 is 0 Å². The predicted octanol–water partition coefficient (Wildman–Crippen LogP) is 20.4. The first kappa shape index (κ1) is 45.2. The molecule has 0 aliphatic heterocycles. The van der Waals surface area contributed by atoms with Crippen LogP contribution in [-0.2, 0) is 0 Å². The fraction of sp³-hybridized carbons (Fsp3) is 0. The number of nitrogens with zero attached hydrogens (tertiary/aromatic N) is 6. The number of aromatic nitrogens is 4. The van der Waals surface area contributed by atoms with Crippen LogP contribution in [0.15, 0.2) is 259 Å². The molecule has 18 rings (SSSR count). The molecule has 0 N–H and O–H groups in total. The molecule has 0 unspecified atom stereocenters. The van der Waals surface area contributed by atoms with Crippen molar-refractivity contribution in [2.24, 2.45) is 0 Å². The van der Waals surface area contributed by atoms with Crippen LogP contribution in [0.25, 0.3) is 169 Å². The van der Waals surface area contributed by atoms with Crippen molar-refractivity contribution in [2.45, 2.75) is 0 Å². The van der Waals surface area contributed by atoms with Gasteiger partial charge < -0.3 is 22.7 Å². The lowest BCUT2D eigenvalue weighted by Crippen LogP contribution is -2.14. The molecule has 0 saturated carbocycles. The Labute approximate surface area is 473 Å². The first-order chi connectivity index (χ1) is 41.2. The molecule has 0 atom stereocenters. The highest BCUT2D eigenvalue weighted by molar-refractivity contribution is 6.26. The summed E-state index contributed by atoms with van der Waals surface area (Å²) in [5, 5.41) is 27.6. The van der Waals surface area contributed by atoms with Gasteiger partial charge in [0.05, 0.1) is 84.4 Å². The van der Waals surface area contributed by atoms with Crippen molar-refractivity contribution in [3.63, 3.8) is 0 Å². The second kappa shape index (κ2) is 16.9. The minimum Gasteiger partial charge on any atom is -0.456 e. The second-order valence-electron chi connectivity index (χ2n) is 21.6. The van der Waals surface area contributed by atoms with Crippen LogP contribution in [0, 0.1) is 17.9 Å². The molecular formula is C76H42N6O. The third-order valence-corrected chi connectivity index (χ3v) is 17.6. The van der Waals surface area contributed by atoms with Crippen molar-refractivity contribution in [3.05, 3.63) is 272 Å². The van der Waals surface area contributed by atoms with Gasteiger partial charge in [0.15, 0.2) is 0 Å². The Bertz CT molecular complexity index is 5670. The minimum absolute atomic E-state index is 0.329. The zero-order chi connectivity index (χ0) is 54.6. The Balaban J connectivity index is 1.15. The quantitative estimate of drug-likeness (QED) is 0.127. The largest absolute Gasteiger partial charge is 0.456 e. The highest BCUT2D eigenvalue weighted by Crippen LogP contribution is 2.53. The monoisotopic (exact) mass is 1050 g/mol. The first-order valence-electron chi connectivity index (χ1n) is 27.9. The first-order valence-corrected chi connectivity index (χ1v) is 27.9. The molecule has 382 valence electrons. The summed E-state index contributed by atoms with van der Waals surface area (Å²) in [4.78, 5) is 4.84. The summed E-state index contributed by atoms with van der Waals surface area (Å²) in [6, 6.07) is 92.9. The molecule has 5 aromatic heterocycles. The summed E-state index contributed by atoms with van der Waals surface area (Å²) < 4.78 is 16.1. The molecule has 0 aliphatic rings. The maximum Gasteiger partial charge on any atom is 0.237 e. The summed E-state index contributed by atoms with van der Waals surface area (Å²) in [5.74, 6) is 0. The van der Waals surface area contributed by atoms with Crippen molar-refractivity contribution < 1.29 is 4.42 Å². The molecule has 7 heteroatoms. The van der Waals surface area contributed by atoms with Crippen LogP contribution < -0.4 is 0 Å². The van der Waals surface area contributed by atoms with E-state index >= 15 is 0 Å². The number of benzene rings is 13. The lowest BCUT2D eigenvalue weighted by molar-refractivity contribution is 0.669. The van der Waals surface area contributed by atoms with Crippen LogP contribution in [0.2, 0.25) is 0 Å². The van der Waals surface area contributed by atoms with Crippen LogP contribution in [0.5, 0.6) is 0 Å². The van der Waals surface area contributed by atoms with Gasteiger partial charge in [-0.05, 0) is 93.3 Å². The summed E-state index contributed by atoms with van der Waals surface area (Å²) in [5.41, 5.74) is 14.0. The van der Waals surface area contributed by atoms with Crippen molar-refractivity contribution in [2.75, 3.05) is 0 Å². The average Bonchev–Trinajstić information content (AvgIpc) is 1.87. The van der Waals surface area contributed by atoms with E-state index in [1.54, 1.807) is 0 Å². The lowest BCUT2D eigenvalue weighted by atomic mass is 9.94. The van der Waals surface area contributed by atoms with Gasteiger partial charge in [0, 0.05) is 48.5 Å². The maximum atomic E-state index is 12.8. The molecule has 0 radical (unpaired) electrons. The zero-order valence-corrected chi connectivity index (χ0v) is 44.3. The number of fused-ring (bicyclic) bond motifs is 19. The van der Waals surface area contributed by atoms with E-state index in [4.69, 9.17) is 9.26 Å². The molecular weight excluding hydrogens is 1010 g/mol. The van der Waals surface area contributed by atoms with E-state index in [2.05, 4.69) is 255 Å². The fourth-order valence-electron chi connectivity index (χ4n) is 14.3. The van der Waals surface area contributed by atoms with Gasteiger partial charge in [-0.3, -0.25) is 0 Å². The SMILES string of the molecule is [C-]#[N+]c1c(-n2c3ccccc3c3ccccc32)c(C#N)c(-n2c3ccccc3c3ccccc32)c(-n2c3cc(-c4cccc5c4ccc4ccccc45)ccc3c3ccc4oc5ccccc5c4c32)c1-n1c2ccccc2c2ccccc21. The molecule has 0 fully saturated rings. The summed E-state index contributed by atoms with van der Waals surface area (Å²) in [7, 11) is 0. The van der Waals surface area contributed by atoms with E-state index in [1.165, 1.54) is 16.2 Å². The number of hydrogen-bond donors (Lipinski definition) is 0. The smallest absolute Gasteiger partial charge is 0.237 e. The molecule has 0 amide bonds. The highest BCUT2D eigenvalue weighted by atomic mass is 16.3. The number of rotatable bonds is 5. The van der Waals surface area contributed by atoms with Gasteiger partial charge in [0.25, 0.3) is 0 Å². The van der Waals surface area contributed by atoms with Crippen LogP contribution in [-0.4, -0.2) is 18.3 Å². The molecule has 18 aromatic rings. The van der Waals surface area contributed by atoms with Crippen molar-refractivity contribution in [3.8, 4) is 39.9 Å². The predicted molar refractivity (Wildman–Crippen MR) is 343 cm³/mol. The third kappa shape index (κ3) is 6.04. The van der Waals surface area contributed by atoms with Crippen molar-refractivity contribution in [1.82, 2.24) is 18.3 Å². The van der Waals surface area contributed by atoms with Gasteiger partial charge in [-0.1, -0.05) is 194 Å². The maximum absolute atomic E-state index is 12.8. The van der Waals surface area contributed by atoms with E-state index < -0.39 is 0 Å². The lowest BCUT2D eigenvalue weighted by Gasteiger charge is -2.27. The zero-order valence-electron chi connectivity index (χ0n) is 44.3. The second-order valence-corrected chi connectivity index (χ2v) is 21.6. The van der Waals surface area contributed by atoms with Gasteiger partial charge in [-0.2, -0.15) is 5.26 Å². The Morgan fingerprint density at radius 1 is 0.337 bits per heavy atom. The van der Waals surface area contributed by atoms with E-state index in [0.717, 1.165) is 126 Å². The Morgan fingerprint density at radius 3 is 1.36 bits per heavy atom. The molecule has 7 nitrogen and oxygen atoms in total.